The quantitative estimate of drug-likeness (QED) is 0.617. The van der Waals surface area contributed by atoms with Crippen molar-refractivity contribution in [1.29, 1.82) is 0 Å². The van der Waals surface area contributed by atoms with E-state index in [4.69, 9.17) is 4.74 Å². The van der Waals surface area contributed by atoms with E-state index in [1.807, 2.05) is 13.8 Å². The third-order valence-corrected chi connectivity index (χ3v) is 3.19. The Hall–Kier alpha value is -1.14. The van der Waals surface area contributed by atoms with Gasteiger partial charge in [-0.2, -0.15) is 0 Å². The molecule has 0 spiro atoms. The van der Waals surface area contributed by atoms with Crippen molar-refractivity contribution in [2.24, 2.45) is 5.92 Å². The molecular weight excluding hydrogens is 258 g/mol. The van der Waals surface area contributed by atoms with Gasteiger partial charge in [0.2, 0.25) is 11.8 Å². The summed E-state index contributed by atoms with van der Waals surface area (Å²) in [4.78, 5) is 23.4. The Morgan fingerprint density at radius 3 is 2.50 bits per heavy atom. The number of hydrogen-bond donors (Lipinski definition) is 3. The van der Waals surface area contributed by atoms with E-state index in [0.717, 1.165) is 25.9 Å². The Balaban J connectivity index is 2.18. The first-order valence-corrected chi connectivity index (χ1v) is 7.38. The summed E-state index contributed by atoms with van der Waals surface area (Å²) in [6.45, 7) is 8.22. The van der Waals surface area contributed by atoms with E-state index in [-0.39, 0.29) is 24.5 Å². The number of rotatable bonds is 7. The molecule has 0 aliphatic carbocycles. The van der Waals surface area contributed by atoms with Crippen LogP contribution < -0.4 is 16.0 Å². The van der Waals surface area contributed by atoms with Crippen LogP contribution in [0.25, 0.3) is 0 Å². The van der Waals surface area contributed by atoms with Crippen LogP contribution in [0, 0.1) is 5.92 Å². The lowest BCUT2D eigenvalue weighted by Gasteiger charge is -2.23. The Kier molecular flexibility index (Phi) is 7.54. The molecule has 1 aliphatic heterocycles. The average molecular weight is 285 g/mol. The zero-order chi connectivity index (χ0) is 15.0. The monoisotopic (exact) mass is 285 g/mol. The lowest BCUT2D eigenvalue weighted by molar-refractivity contribution is -0.132. The van der Waals surface area contributed by atoms with Gasteiger partial charge in [0, 0.05) is 6.54 Å². The summed E-state index contributed by atoms with van der Waals surface area (Å²) in [5.41, 5.74) is 0. The molecule has 0 aromatic rings. The summed E-state index contributed by atoms with van der Waals surface area (Å²) >= 11 is 0. The standard InChI is InChI=1S/C14H27N3O3/c1-10(2)8-16-14(19)11(3)17-13(18)9-20-12-4-6-15-7-5-12/h10-12,15H,4-9H2,1-3H3,(H,16,19)(H,17,18). The van der Waals surface area contributed by atoms with E-state index in [1.54, 1.807) is 6.92 Å². The lowest BCUT2D eigenvalue weighted by Crippen LogP contribution is -2.47. The van der Waals surface area contributed by atoms with Gasteiger partial charge < -0.3 is 20.7 Å². The van der Waals surface area contributed by atoms with Crippen LogP contribution in [0.1, 0.15) is 33.6 Å². The molecule has 1 atom stereocenters. The Morgan fingerprint density at radius 1 is 1.25 bits per heavy atom. The maximum atomic E-state index is 11.7. The number of carbonyl (C=O) groups is 2. The van der Waals surface area contributed by atoms with Gasteiger partial charge in [-0.3, -0.25) is 9.59 Å². The van der Waals surface area contributed by atoms with Crippen LogP contribution in [0.3, 0.4) is 0 Å². The molecule has 1 fully saturated rings. The molecule has 20 heavy (non-hydrogen) atoms. The van der Waals surface area contributed by atoms with Gasteiger partial charge in [0.05, 0.1) is 6.10 Å². The van der Waals surface area contributed by atoms with Crippen molar-refractivity contribution >= 4 is 11.8 Å². The van der Waals surface area contributed by atoms with Crippen molar-refractivity contribution in [2.45, 2.75) is 45.8 Å². The molecule has 0 bridgehead atoms. The average Bonchev–Trinajstić information content (AvgIpc) is 2.43. The molecule has 0 aromatic carbocycles. The van der Waals surface area contributed by atoms with Gasteiger partial charge in [-0.15, -0.1) is 0 Å². The third kappa shape index (κ3) is 6.86. The predicted octanol–water partition coefficient (Wildman–Crippen LogP) is 0.0319. The molecule has 6 heteroatoms. The second-order valence-electron chi connectivity index (χ2n) is 5.69. The van der Waals surface area contributed by atoms with Gasteiger partial charge in [-0.25, -0.2) is 0 Å². The van der Waals surface area contributed by atoms with E-state index in [1.165, 1.54) is 0 Å². The van der Waals surface area contributed by atoms with Crippen LogP contribution >= 0.6 is 0 Å². The molecule has 0 saturated carbocycles. The zero-order valence-electron chi connectivity index (χ0n) is 12.7. The van der Waals surface area contributed by atoms with Crippen molar-refractivity contribution in [2.75, 3.05) is 26.2 Å². The molecule has 0 radical (unpaired) electrons. The van der Waals surface area contributed by atoms with E-state index in [0.29, 0.717) is 12.5 Å². The smallest absolute Gasteiger partial charge is 0.246 e. The Labute approximate surface area is 121 Å². The van der Waals surface area contributed by atoms with Crippen molar-refractivity contribution in [3.05, 3.63) is 0 Å². The second-order valence-corrected chi connectivity index (χ2v) is 5.69. The SMILES string of the molecule is CC(C)CNC(=O)C(C)NC(=O)COC1CCNCC1. The molecule has 1 saturated heterocycles. The molecular formula is C14H27N3O3. The van der Waals surface area contributed by atoms with Crippen molar-refractivity contribution in [1.82, 2.24) is 16.0 Å². The fraction of sp³-hybridized carbons (Fsp3) is 0.857. The van der Waals surface area contributed by atoms with Crippen LogP contribution in [0.2, 0.25) is 0 Å². The highest BCUT2D eigenvalue weighted by Gasteiger charge is 2.18. The maximum absolute atomic E-state index is 11.7. The Bertz CT molecular complexity index is 315. The first kappa shape index (κ1) is 16.9. The van der Waals surface area contributed by atoms with E-state index >= 15 is 0 Å². The fourth-order valence-corrected chi connectivity index (χ4v) is 1.96. The number of ether oxygens (including phenoxy) is 1. The van der Waals surface area contributed by atoms with Crippen LogP contribution in [-0.4, -0.2) is 50.2 Å². The van der Waals surface area contributed by atoms with Crippen molar-refractivity contribution < 1.29 is 14.3 Å². The minimum atomic E-state index is -0.530. The van der Waals surface area contributed by atoms with Gasteiger partial charge in [0.1, 0.15) is 12.6 Å². The van der Waals surface area contributed by atoms with Crippen LogP contribution in [-0.2, 0) is 14.3 Å². The molecule has 1 unspecified atom stereocenters. The lowest BCUT2D eigenvalue weighted by atomic mass is 10.1. The minimum absolute atomic E-state index is 0.0203. The van der Waals surface area contributed by atoms with Crippen LogP contribution in [0.5, 0.6) is 0 Å². The summed E-state index contributed by atoms with van der Waals surface area (Å²) in [5, 5.41) is 8.68. The number of amides is 2. The van der Waals surface area contributed by atoms with Crippen LogP contribution in [0.4, 0.5) is 0 Å². The van der Waals surface area contributed by atoms with E-state index < -0.39 is 6.04 Å². The fourth-order valence-electron chi connectivity index (χ4n) is 1.96. The van der Waals surface area contributed by atoms with Crippen molar-refractivity contribution in [3.63, 3.8) is 0 Å². The van der Waals surface area contributed by atoms with E-state index in [9.17, 15) is 9.59 Å². The van der Waals surface area contributed by atoms with Gasteiger partial charge in [0.25, 0.3) is 0 Å². The highest BCUT2D eigenvalue weighted by Crippen LogP contribution is 2.06. The summed E-state index contributed by atoms with van der Waals surface area (Å²) < 4.78 is 5.54. The highest BCUT2D eigenvalue weighted by molar-refractivity contribution is 5.87. The number of piperidine rings is 1. The highest BCUT2D eigenvalue weighted by atomic mass is 16.5. The number of nitrogens with one attached hydrogen (secondary N) is 3. The normalized spacial score (nSPS) is 17.8. The summed E-state index contributed by atoms with van der Waals surface area (Å²) in [6, 6.07) is -0.530. The summed E-state index contributed by atoms with van der Waals surface area (Å²) in [5.74, 6) is -0.00487. The number of hydrogen-bond acceptors (Lipinski definition) is 4. The van der Waals surface area contributed by atoms with Crippen LogP contribution in [0.15, 0.2) is 0 Å². The first-order valence-electron chi connectivity index (χ1n) is 7.38. The molecule has 3 N–H and O–H groups in total. The summed E-state index contributed by atoms with van der Waals surface area (Å²) in [6.07, 6.45) is 2.00. The molecule has 1 rings (SSSR count). The van der Waals surface area contributed by atoms with Crippen molar-refractivity contribution in [3.8, 4) is 0 Å². The minimum Gasteiger partial charge on any atom is -0.368 e. The summed E-state index contributed by atoms with van der Waals surface area (Å²) in [7, 11) is 0. The molecule has 116 valence electrons. The molecule has 0 aromatic heterocycles. The van der Waals surface area contributed by atoms with Gasteiger partial charge in [-0.05, 0) is 38.8 Å². The number of carbonyl (C=O) groups excluding carboxylic acids is 2. The second kappa shape index (κ2) is 8.92. The largest absolute Gasteiger partial charge is 0.368 e. The maximum Gasteiger partial charge on any atom is 0.246 e. The third-order valence-electron chi connectivity index (χ3n) is 3.19. The topological polar surface area (TPSA) is 79.5 Å². The molecule has 6 nitrogen and oxygen atoms in total. The van der Waals surface area contributed by atoms with E-state index in [2.05, 4.69) is 16.0 Å². The molecule has 1 heterocycles. The zero-order valence-corrected chi connectivity index (χ0v) is 12.7. The van der Waals surface area contributed by atoms with Gasteiger partial charge >= 0.3 is 0 Å². The molecule has 2 amide bonds. The predicted molar refractivity (Wildman–Crippen MR) is 77.3 cm³/mol. The first-order chi connectivity index (χ1) is 9.49. The van der Waals surface area contributed by atoms with Gasteiger partial charge in [0.15, 0.2) is 0 Å². The van der Waals surface area contributed by atoms with Gasteiger partial charge in [-0.1, -0.05) is 13.8 Å². The molecule has 1 aliphatic rings. The Morgan fingerprint density at radius 2 is 1.90 bits per heavy atom.